The number of hydrogen-bond acceptors (Lipinski definition) is 5. The molecule has 0 fully saturated rings. The van der Waals surface area contributed by atoms with Crippen molar-refractivity contribution in [2.75, 3.05) is 6.54 Å². The van der Waals surface area contributed by atoms with Gasteiger partial charge in [0.15, 0.2) is 0 Å². The highest BCUT2D eigenvalue weighted by Gasteiger charge is 2.26. The van der Waals surface area contributed by atoms with E-state index in [-0.39, 0.29) is 5.92 Å². The Bertz CT molecular complexity index is 401. The number of carboxylic acids is 1. The number of carbonyl (C=O) groups is 3. The molecule has 2 unspecified atom stereocenters. The lowest BCUT2D eigenvalue weighted by Crippen LogP contribution is -2.52. The molecule has 0 saturated heterocycles. The van der Waals surface area contributed by atoms with Crippen molar-refractivity contribution in [3.63, 3.8) is 0 Å². The second kappa shape index (κ2) is 7.99. The number of hydrogen-bond donors (Lipinski definition) is 3. The number of carboxylic acid groups (broad SMARTS) is 1. The minimum atomic E-state index is -1.15. The van der Waals surface area contributed by atoms with Crippen LogP contribution >= 0.6 is 0 Å². The van der Waals surface area contributed by atoms with E-state index in [1.54, 1.807) is 13.8 Å². The van der Waals surface area contributed by atoms with Gasteiger partial charge in [-0.3, -0.25) is 9.59 Å². The van der Waals surface area contributed by atoms with Crippen LogP contribution in [0.25, 0.3) is 0 Å². The van der Waals surface area contributed by atoms with Crippen molar-refractivity contribution in [1.29, 1.82) is 0 Å². The third kappa shape index (κ3) is 6.32. The van der Waals surface area contributed by atoms with Gasteiger partial charge in [-0.2, -0.15) is 4.99 Å². The molecular formula is C11H17N3O5. The second-order valence-corrected chi connectivity index (χ2v) is 4.27. The number of isocyanates is 1. The highest BCUT2D eigenvalue weighted by Crippen LogP contribution is 2.02. The summed E-state index contributed by atoms with van der Waals surface area (Å²) in [6.07, 6.45) is 1.20. The molecule has 0 aliphatic carbocycles. The molecule has 0 saturated carbocycles. The Kier molecular flexibility index (Phi) is 7.06. The fourth-order valence-electron chi connectivity index (χ4n) is 1.25. The minimum absolute atomic E-state index is 0.288. The van der Waals surface area contributed by atoms with Gasteiger partial charge in [0.1, 0.15) is 18.6 Å². The summed E-state index contributed by atoms with van der Waals surface area (Å²) in [5.74, 6) is -2.68. The smallest absolute Gasteiger partial charge is 0.326 e. The summed E-state index contributed by atoms with van der Waals surface area (Å²) in [5.41, 5.74) is 0. The van der Waals surface area contributed by atoms with Crippen LogP contribution < -0.4 is 10.6 Å². The average Bonchev–Trinajstić information content (AvgIpc) is 2.31. The average molecular weight is 271 g/mol. The summed E-state index contributed by atoms with van der Waals surface area (Å²) in [6.45, 7) is 4.28. The van der Waals surface area contributed by atoms with Gasteiger partial charge < -0.3 is 15.7 Å². The largest absolute Gasteiger partial charge is 0.480 e. The molecule has 3 N–H and O–H groups in total. The van der Waals surface area contributed by atoms with E-state index in [0.717, 1.165) is 0 Å². The molecule has 8 nitrogen and oxygen atoms in total. The van der Waals surface area contributed by atoms with Crippen molar-refractivity contribution in [3.05, 3.63) is 0 Å². The zero-order valence-corrected chi connectivity index (χ0v) is 11.0. The highest BCUT2D eigenvalue weighted by molar-refractivity contribution is 5.90. The molecule has 0 aromatic heterocycles. The van der Waals surface area contributed by atoms with Gasteiger partial charge in [0.05, 0.1) is 0 Å². The first-order chi connectivity index (χ1) is 8.79. The second-order valence-electron chi connectivity index (χ2n) is 4.27. The van der Waals surface area contributed by atoms with Crippen LogP contribution in [0.5, 0.6) is 0 Å². The van der Waals surface area contributed by atoms with E-state index in [2.05, 4.69) is 15.6 Å². The molecule has 0 aliphatic rings. The maximum absolute atomic E-state index is 11.7. The molecule has 0 radical (unpaired) electrons. The monoisotopic (exact) mass is 271 g/mol. The third-order valence-corrected chi connectivity index (χ3v) is 2.29. The van der Waals surface area contributed by atoms with Crippen LogP contribution in [0, 0.1) is 5.92 Å². The van der Waals surface area contributed by atoms with Crippen LogP contribution in [0.4, 0.5) is 0 Å². The van der Waals surface area contributed by atoms with E-state index < -0.39 is 36.4 Å². The van der Waals surface area contributed by atoms with Crippen molar-refractivity contribution < 1.29 is 24.3 Å². The van der Waals surface area contributed by atoms with Gasteiger partial charge in [-0.15, -0.1) is 0 Å². The van der Waals surface area contributed by atoms with Gasteiger partial charge in [0.25, 0.3) is 0 Å². The number of nitrogens with one attached hydrogen (secondary N) is 2. The summed E-state index contributed by atoms with van der Waals surface area (Å²) < 4.78 is 0. The predicted molar refractivity (Wildman–Crippen MR) is 65.0 cm³/mol. The van der Waals surface area contributed by atoms with E-state index in [0.29, 0.717) is 0 Å². The molecule has 0 spiro atoms. The molecule has 0 heterocycles. The molecule has 2 atom stereocenters. The van der Waals surface area contributed by atoms with E-state index in [1.807, 2.05) is 0 Å². The first-order valence-corrected chi connectivity index (χ1v) is 5.65. The van der Waals surface area contributed by atoms with E-state index in [1.165, 1.54) is 13.0 Å². The van der Waals surface area contributed by atoms with E-state index in [9.17, 15) is 19.2 Å². The number of rotatable bonds is 7. The number of aliphatic imine (C=N–C) groups is 1. The van der Waals surface area contributed by atoms with Gasteiger partial charge in [-0.25, -0.2) is 9.59 Å². The van der Waals surface area contributed by atoms with Gasteiger partial charge in [-0.1, -0.05) is 13.8 Å². The van der Waals surface area contributed by atoms with Gasteiger partial charge >= 0.3 is 5.97 Å². The lowest BCUT2D eigenvalue weighted by Gasteiger charge is -2.20. The highest BCUT2D eigenvalue weighted by atomic mass is 16.4. The zero-order valence-electron chi connectivity index (χ0n) is 11.0. The van der Waals surface area contributed by atoms with Crippen LogP contribution in [0.1, 0.15) is 20.8 Å². The standard InChI is InChI=1S/C11H17N3O5/c1-6(2)9(11(18)19)14-10(17)7(3)13-8(16)4-12-5-15/h6-7,9H,4H2,1-3H3,(H,13,16)(H,14,17)(H,18,19). The predicted octanol–water partition coefficient (Wildman–Crippen LogP) is -0.948. The van der Waals surface area contributed by atoms with Crippen molar-refractivity contribution in [1.82, 2.24) is 10.6 Å². The molecular weight excluding hydrogens is 254 g/mol. The Balaban J connectivity index is 4.44. The normalized spacial score (nSPS) is 13.1. The maximum atomic E-state index is 11.7. The number of amides is 2. The first-order valence-electron chi connectivity index (χ1n) is 5.65. The van der Waals surface area contributed by atoms with Crippen molar-refractivity contribution >= 4 is 23.9 Å². The molecule has 8 heteroatoms. The number of nitrogens with zero attached hydrogens (tertiary/aromatic N) is 1. The van der Waals surface area contributed by atoms with Crippen molar-refractivity contribution in [3.8, 4) is 0 Å². The first kappa shape index (κ1) is 16.8. The lowest BCUT2D eigenvalue weighted by molar-refractivity contribution is -0.143. The SMILES string of the molecule is CC(NC(=O)CN=C=O)C(=O)NC(C(=O)O)C(C)C. The summed E-state index contributed by atoms with van der Waals surface area (Å²) in [7, 11) is 0. The van der Waals surface area contributed by atoms with Gasteiger partial charge in [-0.05, 0) is 12.8 Å². The molecule has 2 amide bonds. The number of carbonyl (C=O) groups excluding carboxylic acids is 3. The summed E-state index contributed by atoms with van der Waals surface area (Å²) in [6, 6.07) is -1.95. The molecule has 0 aromatic carbocycles. The lowest BCUT2D eigenvalue weighted by atomic mass is 10.0. The molecule has 0 bridgehead atoms. The summed E-state index contributed by atoms with van der Waals surface area (Å²) in [4.78, 5) is 46.6. The Labute approximate surface area is 110 Å². The Hall–Kier alpha value is -2.21. The molecule has 106 valence electrons. The minimum Gasteiger partial charge on any atom is -0.480 e. The van der Waals surface area contributed by atoms with Crippen LogP contribution in [0.3, 0.4) is 0 Å². The van der Waals surface area contributed by atoms with Crippen LogP contribution in [-0.2, 0) is 19.2 Å². The summed E-state index contributed by atoms with van der Waals surface area (Å²) >= 11 is 0. The van der Waals surface area contributed by atoms with Crippen molar-refractivity contribution in [2.24, 2.45) is 10.9 Å². The van der Waals surface area contributed by atoms with Crippen molar-refractivity contribution in [2.45, 2.75) is 32.9 Å². The fraction of sp³-hybridized carbons (Fsp3) is 0.636. The molecule has 0 rings (SSSR count). The Morgan fingerprint density at radius 2 is 1.79 bits per heavy atom. The number of aliphatic carboxylic acids is 1. The van der Waals surface area contributed by atoms with E-state index in [4.69, 9.17) is 5.11 Å². The van der Waals surface area contributed by atoms with Crippen LogP contribution in [-0.4, -0.2) is 47.6 Å². The van der Waals surface area contributed by atoms with Crippen LogP contribution in [0.2, 0.25) is 0 Å². The van der Waals surface area contributed by atoms with Gasteiger partial charge in [0, 0.05) is 0 Å². The fourth-order valence-corrected chi connectivity index (χ4v) is 1.25. The maximum Gasteiger partial charge on any atom is 0.326 e. The molecule has 0 aliphatic heterocycles. The summed E-state index contributed by atoms with van der Waals surface area (Å²) in [5, 5.41) is 13.5. The molecule has 0 aromatic rings. The zero-order chi connectivity index (χ0) is 15.0. The van der Waals surface area contributed by atoms with Gasteiger partial charge in [0.2, 0.25) is 17.9 Å². The third-order valence-electron chi connectivity index (χ3n) is 2.29. The topological polar surface area (TPSA) is 125 Å². The molecule has 19 heavy (non-hydrogen) atoms. The van der Waals surface area contributed by atoms with E-state index >= 15 is 0 Å². The van der Waals surface area contributed by atoms with Crippen LogP contribution in [0.15, 0.2) is 4.99 Å². The Morgan fingerprint density at radius 1 is 1.21 bits per heavy atom. The quantitative estimate of drug-likeness (QED) is 0.407. The Morgan fingerprint density at radius 3 is 2.21 bits per heavy atom.